The number of nitrogens with one attached hydrogen (secondary N) is 1. The number of para-hydroxylation sites is 1. The van der Waals surface area contributed by atoms with Gasteiger partial charge in [-0.05, 0) is 30.7 Å². The molecule has 0 aliphatic carbocycles. The molecule has 1 N–H and O–H groups in total. The Kier molecular flexibility index (Phi) is 7.34. The monoisotopic (exact) mass is 496 g/mol. The predicted molar refractivity (Wildman–Crippen MR) is 131 cm³/mol. The number of benzene rings is 2. The lowest BCUT2D eigenvalue weighted by molar-refractivity contribution is 0.0469. The van der Waals surface area contributed by atoms with Gasteiger partial charge in [-0.2, -0.15) is 9.61 Å². The van der Waals surface area contributed by atoms with Crippen LogP contribution >= 0.6 is 22.9 Å². The number of rotatable bonds is 8. The summed E-state index contributed by atoms with van der Waals surface area (Å²) in [5.41, 5.74) is 0.724. The fraction of sp³-hybridized carbons (Fsp3) is 0.208. The van der Waals surface area contributed by atoms with E-state index in [2.05, 4.69) is 22.3 Å². The third kappa shape index (κ3) is 5.32. The molecule has 8 nitrogen and oxygen atoms in total. The number of carbonyl (C=O) groups excluding carboxylic acids is 2. The minimum absolute atomic E-state index is 0.167. The molecular weight excluding hydrogens is 476 g/mol. The van der Waals surface area contributed by atoms with Crippen LogP contribution in [-0.2, 0) is 17.8 Å². The Labute approximate surface area is 204 Å². The largest absolute Gasteiger partial charge is 0.456 e. The van der Waals surface area contributed by atoms with Gasteiger partial charge >= 0.3 is 5.97 Å². The normalized spacial score (nSPS) is 10.9. The van der Waals surface area contributed by atoms with Gasteiger partial charge < -0.3 is 10.1 Å². The Morgan fingerprint density at radius 1 is 1.12 bits per heavy atom. The smallest absolute Gasteiger partial charge is 0.340 e. The van der Waals surface area contributed by atoms with E-state index in [0.29, 0.717) is 15.7 Å². The standard InChI is InChI=1S/C24H21ClN4O4S/c1-2-3-12-20-28-29-21(30)13-15(26-24(29)34-20)14-33-23(32)17-9-5-7-11-19(17)27-22(31)16-8-4-6-10-18(16)25/h4-11,13H,2-3,12,14H2,1H3,(H,27,31). The second-order valence-corrected chi connectivity index (χ2v) is 8.88. The van der Waals surface area contributed by atoms with E-state index in [9.17, 15) is 14.4 Å². The van der Waals surface area contributed by atoms with Crippen molar-refractivity contribution in [2.75, 3.05) is 5.32 Å². The predicted octanol–water partition coefficient (Wildman–Crippen LogP) is 4.76. The highest BCUT2D eigenvalue weighted by Gasteiger charge is 2.17. The fourth-order valence-corrected chi connectivity index (χ4v) is 4.40. The Balaban J connectivity index is 1.48. The zero-order valence-corrected chi connectivity index (χ0v) is 19.9. The van der Waals surface area contributed by atoms with Crippen molar-refractivity contribution >= 4 is 45.5 Å². The molecule has 2 aromatic carbocycles. The second kappa shape index (κ2) is 10.6. The number of hydrogen-bond acceptors (Lipinski definition) is 7. The van der Waals surface area contributed by atoms with Crippen molar-refractivity contribution in [2.45, 2.75) is 32.8 Å². The molecule has 0 spiro atoms. The SMILES string of the molecule is CCCCc1nn2c(=O)cc(COC(=O)c3ccccc3NC(=O)c3ccccc3Cl)nc2s1. The summed E-state index contributed by atoms with van der Waals surface area (Å²) in [4.78, 5) is 42.7. The number of esters is 1. The zero-order valence-electron chi connectivity index (χ0n) is 18.3. The lowest BCUT2D eigenvalue weighted by Crippen LogP contribution is -2.18. The minimum Gasteiger partial charge on any atom is -0.456 e. The van der Waals surface area contributed by atoms with Crippen LogP contribution in [0, 0.1) is 0 Å². The number of fused-ring (bicyclic) bond motifs is 1. The van der Waals surface area contributed by atoms with Crippen molar-refractivity contribution in [2.24, 2.45) is 0 Å². The summed E-state index contributed by atoms with van der Waals surface area (Å²) < 4.78 is 6.66. The number of carbonyl (C=O) groups is 2. The minimum atomic E-state index is -0.662. The van der Waals surface area contributed by atoms with Crippen molar-refractivity contribution < 1.29 is 14.3 Å². The van der Waals surface area contributed by atoms with Gasteiger partial charge in [-0.1, -0.05) is 60.5 Å². The van der Waals surface area contributed by atoms with Crippen LogP contribution in [0.1, 0.15) is 51.2 Å². The molecule has 0 saturated heterocycles. The Hall–Kier alpha value is -3.56. The first-order valence-electron chi connectivity index (χ1n) is 10.7. The van der Waals surface area contributed by atoms with Crippen molar-refractivity contribution in [3.8, 4) is 0 Å². The molecule has 1 amide bonds. The molecule has 0 bridgehead atoms. The van der Waals surface area contributed by atoms with Crippen LogP contribution in [0.5, 0.6) is 0 Å². The average molecular weight is 497 g/mol. The van der Waals surface area contributed by atoms with Crippen molar-refractivity contribution in [1.82, 2.24) is 14.6 Å². The van der Waals surface area contributed by atoms with Crippen molar-refractivity contribution in [3.05, 3.63) is 91.8 Å². The molecule has 0 fully saturated rings. The van der Waals surface area contributed by atoms with Gasteiger partial charge in [0.2, 0.25) is 4.96 Å². The molecule has 34 heavy (non-hydrogen) atoms. The van der Waals surface area contributed by atoms with Crippen LogP contribution in [0.15, 0.2) is 59.4 Å². The first-order valence-corrected chi connectivity index (χ1v) is 11.9. The molecule has 0 aliphatic heterocycles. The number of hydrogen-bond donors (Lipinski definition) is 1. The molecule has 4 aromatic rings. The van der Waals surface area contributed by atoms with E-state index in [1.807, 2.05) is 0 Å². The van der Waals surface area contributed by atoms with E-state index < -0.39 is 11.9 Å². The fourth-order valence-electron chi connectivity index (χ4n) is 3.22. The molecule has 2 heterocycles. The Morgan fingerprint density at radius 2 is 1.85 bits per heavy atom. The van der Waals surface area contributed by atoms with Crippen LogP contribution in [0.4, 0.5) is 5.69 Å². The van der Waals surface area contributed by atoms with Gasteiger partial charge in [0.15, 0.2) is 0 Å². The molecule has 0 radical (unpaired) electrons. The maximum atomic E-state index is 12.8. The lowest BCUT2D eigenvalue weighted by atomic mass is 10.1. The molecule has 0 unspecified atom stereocenters. The number of amides is 1. The van der Waals surface area contributed by atoms with Crippen LogP contribution in [-0.4, -0.2) is 26.5 Å². The highest BCUT2D eigenvalue weighted by atomic mass is 35.5. The van der Waals surface area contributed by atoms with Gasteiger partial charge in [-0.25, -0.2) is 9.78 Å². The van der Waals surface area contributed by atoms with Gasteiger partial charge in [-0.15, -0.1) is 0 Å². The molecule has 2 aromatic heterocycles. The molecule has 4 rings (SSSR count). The highest BCUT2D eigenvalue weighted by molar-refractivity contribution is 7.16. The first kappa shape index (κ1) is 23.6. The van der Waals surface area contributed by atoms with Crippen LogP contribution in [0.3, 0.4) is 0 Å². The summed E-state index contributed by atoms with van der Waals surface area (Å²) in [5.74, 6) is -1.11. The molecule has 10 heteroatoms. The van der Waals surface area contributed by atoms with E-state index >= 15 is 0 Å². The first-order chi connectivity index (χ1) is 16.5. The quantitative estimate of drug-likeness (QED) is 0.353. The van der Waals surface area contributed by atoms with Crippen molar-refractivity contribution in [3.63, 3.8) is 0 Å². The summed E-state index contributed by atoms with van der Waals surface area (Å²) in [5, 5.41) is 8.14. The Bertz CT molecular complexity index is 1420. The molecular formula is C24H21ClN4O4S. The van der Waals surface area contributed by atoms with Gasteiger partial charge in [0.25, 0.3) is 11.5 Å². The summed E-state index contributed by atoms with van der Waals surface area (Å²) >= 11 is 7.44. The van der Waals surface area contributed by atoms with E-state index in [1.165, 1.54) is 21.9 Å². The number of anilines is 1. The number of halogens is 1. The van der Waals surface area contributed by atoms with Crippen LogP contribution in [0.25, 0.3) is 4.96 Å². The summed E-state index contributed by atoms with van der Waals surface area (Å²) in [6.45, 7) is 1.89. The van der Waals surface area contributed by atoms with E-state index in [-0.39, 0.29) is 29.0 Å². The molecule has 0 saturated carbocycles. The van der Waals surface area contributed by atoms with Gasteiger partial charge in [-0.3, -0.25) is 9.59 Å². The molecule has 174 valence electrons. The maximum absolute atomic E-state index is 12.8. The summed E-state index contributed by atoms with van der Waals surface area (Å²) in [6.07, 6.45) is 2.79. The van der Waals surface area contributed by atoms with Gasteiger partial charge in [0, 0.05) is 12.5 Å². The average Bonchev–Trinajstić information content (AvgIpc) is 3.25. The number of unbranched alkanes of at least 4 members (excludes halogenated alkanes) is 1. The number of aryl methyl sites for hydroxylation is 1. The zero-order chi connectivity index (χ0) is 24.1. The van der Waals surface area contributed by atoms with E-state index in [1.54, 1.807) is 48.5 Å². The second-order valence-electron chi connectivity index (χ2n) is 7.44. The molecule has 0 aliphatic rings. The topological polar surface area (TPSA) is 103 Å². The van der Waals surface area contributed by atoms with Crippen LogP contribution in [0.2, 0.25) is 5.02 Å². The maximum Gasteiger partial charge on any atom is 0.340 e. The lowest BCUT2D eigenvalue weighted by Gasteiger charge is -2.11. The third-order valence-corrected chi connectivity index (χ3v) is 6.25. The Morgan fingerprint density at radius 3 is 2.62 bits per heavy atom. The number of ether oxygens (including phenoxy) is 1. The summed E-state index contributed by atoms with van der Waals surface area (Å²) in [7, 11) is 0. The van der Waals surface area contributed by atoms with Gasteiger partial charge in [0.1, 0.15) is 11.6 Å². The van der Waals surface area contributed by atoms with E-state index in [0.717, 1.165) is 24.3 Å². The van der Waals surface area contributed by atoms with Crippen LogP contribution < -0.4 is 10.9 Å². The molecule has 0 atom stereocenters. The third-order valence-electron chi connectivity index (χ3n) is 4.95. The van der Waals surface area contributed by atoms with Crippen molar-refractivity contribution in [1.29, 1.82) is 0 Å². The van der Waals surface area contributed by atoms with Gasteiger partial charge in [0.05, 0.1) is 27.5 Å². The summed E-state index contributed by atoms with van der Waals surface area (Å²) in [6, 6.07) is 14.4. The number of aromatic nitrogens is 3. The number of nitrogens with zero attached hydrogens (tertiary/aromatic N) is 3. The van der Waals surface area contributed by atoms with E-state index in [4.69, 9.17) is 16.3 Å². The highest BCUT2D eigenvalue weighted by Crippen LogP contribution is 2.21.